The van der Waals surface area contributed by atoms with Crippen LogP contribution in [0.25, 0.3) is 0 Å². The van der Waals surface area contributed by atoms with Crippen LogP contribution in [-0.4, -0.2) is 21.7 Å². The van der Waals surface area contributed by atoms with Gasteiger partial charge in [0.05, 0.1) is 21.5 Å². The molecule has 10 nitrogen and oxygen atoms in total. The fraction of sp³-hybridized carbons (Fsp3) is 0.125. The van der Waals surface area contributed by atoms with E-state index in [9.17, 15) is 29.8 Å². The van der Waals surface area contributed by atoms with E-state index in [0.717, 1.165) is 30.2 Å². The molecule has 10 heteroatoms. The largest absolute Gasteiger partial charge is 0.277 e. The molecule has 2 rings (SSSR count). The number of non-ortho nitro benzene ring substituents is 2. The van der Waals surface area contributed by atoms with Gasteiger partial charge in [-0.1, -0.05) is 19.1 Å². The minimum absolute atomic E-state index is 0.299. The number of benzene rings is 2. The lowest BCUT2D eigenvalue weighted by Crippen LogP contribution is -2.41. The van der Waals surface area contributed by atoms with Crippen molar-refractivity contribution in [3.05, 3.63) is 79.4 Å². The summed E-state index contributed by atoms with van der Waals surface area (Å²) in [5.41, 5.74) is 4.03. The van der Waals surface area contributed by atoms with Gasteiger partial charge in [-0.15, -0.1) is 0 Å². The van der Waals surface area contributed by atoms with Crippen LogP contribution >= 0.6 is 0 Å². The van der Waals surface area contributed by atoms with Gasteiger partial charge < -0.3 is 0 Å². The van der Waals surface area contributed by atoms with E-state index in [1.165, 1.54) is 0 Å². The molecule has 0 heterocycles. The Hall–Kier alpha value is -3.82. The van der Waals surface area contributed by atoms with E-state index in [2.05, 4.69) is 10.9 Å². The number of amides is 2. The van der Waals surface area contributed by atoms with Gasteiger partial charge >= 0.3 is 0 Å². The average molecular weight is 358 g/mol. The van der Waals surface area contributed by atoms with Crippen molar-refractivity contribution in [2.24, 2.45) is 0 Å². The Balaban J connectivity index is 2.12. The number of carbonyl (C=O) groups is 2. The van der Waals surface area contributed by atoms with E-state index in [-0.39, 0.29) is 5.56 Å². The first-order valence-corrected chi connectivity index (χ1v) is 7.45. The first kappa shape index (κ1) is 18.5. The third-order valence-electron chi connectivity index (χ3n) is 3.50. The van der Waals surface area contributed by atoms with Crippen LogP contribution in [0, 0.1) is 20.2 Å². The maximum Gasteiger partial charge on any atom is 0.277 e. The molecule has 26 heavy (non-hydrogen) atoms. The minimum atomic E-state index is -0.921. The second kappa shape index (κ2) is 7.83. The average Bonchev–Trinajstić information content (AvgIpc) is 2.65. The van der Waals surface area contributed by atoms with Crippen LogP contribution < -0.4 is 10.9 Å². The molecule has 0 bridgehead atoms. The van der Waals surface area contributed by atoms with Crippen LogP contribution in [0.2, 0.25) is 0 Å². The number of hydrazine groups is 1. The third kappa shape index (κ3) is 4.38. The molecular formula is C16H14N4O6. The normalized spacial score (nSPS) is 10.0. The van der Waals surface area contributed by atoms with Crippen LogP contribution in [-0.2, 0) is 6.42 Å². The first-order valence-electron chi connectivity index (χ1n) is 7.45. The molecule has 0 unspecified atom stereocenters. The van der Waals surface area contributed by atoms with Crippen molar-refractivity contribution in [1.82, 2.24) is 10.9 Å². The van der Waals surface area contributed by atoms with Crippen molar-refractivity contribution < 1.29 is 19.4 Å². The molecule has 0 aliphatic heterocycles. The van der Waals surface area contributed by atoms with Gasteiger partial charge in [-0.25, -0.2) is 0 Å². The number of hydrogen-bond donors (Lipinski definition) is 2. The standard InChI is InChI=1S/C16H14N4O6/c1-2-10-3-5-11(6-4-10)15(21)17-18-16(22)12-7-13(19(23)24)9-14(8-12)20(25)26/h3-9H,2H2,1H3,(H,17,21)(H,18,22). The lowest BCUT2D eigenvalue weighted by atomic mass is 10.1. The van der Waals surface area contributed by atoms with Crippen molar-refractivity contribution in [3.63, 3.8) is 0 Å². The number of rotatable bonds is 5. The zero-order valence-electron chi connectivity index (χ0n) is 13.6. The number of nitrogens with zero attached hydrogens (tertiary/aromatic N) is 2. The molecule has 0 spiro atoms. The topological polar surface area (TPSA) is 144 Å². The SMILES string of the molecule is CCc1ccc(C(=O)NNC(=O)c2cc([N+](=O)[O-])cc([N+](=O)[O-])c2)cc1. The molecule has 0 aliphatic carbocycles. The van der Waals surface area contributed by atoms with Crippen molar-refractivity contribution >= 4 is 23.2 Å². The quantitative estimate of drug-likeness (QED) is 0.619. The van der Waals surface area contributed by atoms with E-state index in [4.69, 9.17) is 0 Å². The van der Waals surface area contributed by atoms with Crippen molar-refractivity contribution in [2.45, 2.75) is 13.3 Å². The maximum absolute atomic E-state index is 12.1. The zero-order chi connectivity index (χ0) is 19.3. The van der Waals surface area contributed by atoms with Gasteiger partial charge in [0.15, 0.2) is 0 Å². The summed E-state index contributed by atoms with van der Waals surface area (Å²) >= 11 is 0. The number of nitro benzene ring substituents is 2. The predicted octanol–water partition coefficient (Wildman–Crippen LogP) is 2.14. The van der Waals surface area contributed by atoms with E-state index < -0.39 is 33.0 Å². The number of carbonyl (C=O) groups excluding carboxylic acids is 2. The van der Waals surface area contributed by atoms with E-state index >= 15 is 0 Å². The van der Waals surface area contributed by atoms with Gasteiger partial charge in [-0.05, 0) is 24.1 Å². The molecule has 2 N–H and O–H groups in total. The zero-order valence-corrected chi connectivity index (χ0v) is 13.6. The second-order valence-corrected chi connectivity index (χ2v) is 5.21. The van der Waals surface area contributed by atoms with Crippen LogP contribution in [0.4, 0.5) is 11.4 Å². The Morgan fingerprint density at radius 2 is 1.31 bits per heavy atom. The molecule has 0 aliphatic rings. The Bertz CT molecular complexity index is 847. The molecule has 0 radical (unpaired) electrons. The second-order valence-electron chi connectivity index (χ2n) is 5.21. The summed E-state index contributed by atoms with van der Waals surface area (Å²) in [6, 6.07) is 9.19. The van der Waals surface area contributed by atoms with Crippen molar-refractivity contribution in [3.8, 4) is 0 Å². The first-order chi connectivity index (χ1) is 12.3. The van der Waals surface area contributed by atoms with Gasteiger partial charge in [0.2, 0.25) is 0 Å². The summed E-state index contributed by atoms with van der Waals surface area (Å²) in [7, 11) is 0. The highest BCUT2D eigenvalue weighted by molar-refractivity contribution is 5.99. The van der Waals surface area contributed by atoms with E-state index in [0.29, 0.717) is 5.56 Å². The number of hydrogen-bond acceptors (Lipinski definition) is 6. The van der Waals surface area contributed by atoms with Gasteiger partial charge in [-0.2, -0.15) is 0 Å². The summed E-state index contributed by atoms with van der Waals surface area (Å²) in [6.45, 7) is 1.97. The molecule has 2 amide bonds. The highest BCUT2D eigenvalue weighted by Gasteiger charge is 2.20. The van der Waals surface area contributed by atoms with Crippen LogP contribution in [0.15, 0.2) is 42.5 Å². The highest BCUT2D eigenvalue weighted by atomic mass is 16.6. The summed E-state index contributed by atoms with van der Waals surface area (Å²) in [5.74, 6) is -1.52. The van der Waals surface area contributed by atoms with Gasteiger partial charge in [-0.3, -0.25) is 40.7 Å². The smallest absolute Gasteiger partial charge is 0.267 e. The maximum atomic E-state index is 12.1. The Kier molecular flexibility index (Phi) is 5.58. The lowest BCUT2D eigenvalue weighted by molar-refractivity contribution is -0.394. The molecule has 0 atom stereocenters. The lowest BCUT2D eigenvalue weighted by Gasteiger charge is -2.08. The Morgan fingerprint density at radius 1 is 0.846 bits per heavy atom. The van der Waals surface area contributed by atoms with E-state index in [1.807, 2.05) is 6.92 Å². The van der Waals surface area contributed by atoms with Gasteiger partial charge in [0, 0.05) is 17.7 Å². The molecule has 134 valence electrons. The predicted molar refractivity (Wildman–Crippen MR) is 90.5 cm³/mol. The monoisotopic (exact) mass is 358 g/mol. The van der Waals surface area contributed by atoms with Crippen LogP contribution in [0.3, 0.4) is 0 Å². The molecule has 0 aromatic heterocycles. The van der Waals surface area contributed by atoms with Crippen LogP contribution in [0.5, 0.6) is 0 Å². The van der Waals surface area contributed by atoms with Crippen LogP contribution in [0.1, 0.15) is 33.2 Å². The summed E-state index contributed by atoms with van der Waals surface area (Å²) in [4.78, 5) is 44.0. The molecule has 0 saturated heterocycles. The highest BCUT2D eigenvalue weighted by Crippen LogP contribution is 2.22. The third-order valence-corrected chi connectivity index (χ3v) is 3.50. The van der Waals surface area contributed by atoms with Crippen molar-refractivity contribution in [1.29, 1.82) is 0 Å². The fourth-order valence-corrected chi connectivity index (χ4v) is 2.09. The number of aryl methyl sites for hydroxylation is 1. The molecular weight excluding hydrogens is 344 g/mol. The number of nitrogens with one attached hydrogen (secondary N) is 2. The Labute approximate surface area is 147 Å². The molecule has 2 aromatic carbocycles. The van der Waals surface area contributed by atoms with E-state index in [1.54, 1.807) is 24.3 Å². The van der Waals surface area contributed by atoms with Gasteiger partial charge in [0.25, 0.3) is 23.2 Å². The van der Waals surface area contributed by atoms with Gasteiger partial charge in [0.1, 0.15) is 0 Å². The molecule has 0 saturated carbocycles. The summed E-state index contributed by atoms with van der Waals surface area (Å²) < 4.78 is 0. The molecule has 0 fully saturated rings. The fourth-order valence-electron chi connectivity index (χ4n) is 2.09. The van der Waals surface area contributed by atoms with Crippen molar-refractivity contribution in [2.75, 3.05) is 0 Å². The Morgan fingerprint density at radius 3 is 1.73 bits per heavy atom. The molecule has 2 aromatic rings. The number of nitro groups is 2. The summed E-state index contributed by atoms with van der Waals surface area (Å²) in [5, 5.41) is 21.7. The minimum Gasteiger partial charge on any atom is -0.267 e. The summed E-state index contributed by atoms with van der Waals surface area (Å²) in [6.07, 6.45) is 0.810.